The van der Waals surface area contributed by atoms with Crippen LogP contribution in [-0.2, 0) is 5.54 Å². The molecule has 2 rings (SSSR count). The maximum Gasteiger partial charge on any atom is 0.0631 e. The molecule has 1 aliphatic rings. The van der Waals surface area contributed by atoms with Crippen molar-refractivity contribution < 1.29 is 0 Å². The molecule has 0 unspecified atom stereocenters. The van der Waals surface area contributed by atoms with Crippen molar-refractivity contribution >= 4 is 0 Å². The Morgan fingerprint density at radius 2 is 2.08 bits per heavy atom. The lowest BCUT2D eigenvalue weighted by molar-refractivity contribution is 0.245. The molecule has 1 aliphatic carbocycles. The maximum atomic E-state index is 6.21. The average Bonchev–Trinajstić information content (AvgIpc) is 2.00. The SMILES string of the molecule is Cc1cnc(C2(N)CCC2)c(C)c1. The molecule has 0 aromatic carbocycles. The summed E-state index contributed by atoms with van der Waals surface area (Å²) in [4.78, 5) is 4.45. The second-order valence-corrected chi connectivity index (χ2v) is 4.19. The number of aryl methyl sites for hydroxylation is 2. The number of pyridine rings is 1. The maximum absolute atomic E-state index is 6.21. The molecule has 1 aromatic heterocycles. The van der Waals surface area contributed by atoms with E-state index in [-0.39, 0.29) is 5.54 Å². The Morgan fingerprint density at radius 1 is 1.38 bits per heavy atom. The van der Waals surface area contributed by atoms with Crippen LogP contribution < -0.4 is 5.73 Å². The number of rotatable bonds is 1. The van der Waals surface area contributed by atoms with Crippen LogP contribution in [-0.4, -0.2) is 4.98 Å². The minimum absolute atomic E-state index is 0.113. The molecule has 0 aliphatic heterocycles. The third-order valence-corrected chi connectivity index (χ3v) is 2.93. The molecule has 1 saturated carbocycles. The summed E-state index contributed by atoms with van der Waals surface area (Å²) in [5, 5.41) is 0. The smallest absolute Gasteiger partial charge is 0.0631 e. The summed E-state index contributed by atoms with van der Waals surface area (Å²) in [5.74, 6) is 0. The monoisotopic (exact) mass is 176 g/mol. The molecule has 0 spiro atoms. The predicted octanol–water partition coefficient (Wildman–Crippen LogP) is 2.04. The third kappa shape index (κ3) is 1.35. The van der Waals surface area contributed by atoms with Crippen LogP contribution in [0, 0.1) is 13.8 Å². The highest BCUT2D eigenvalue weighted by Crippen LogP contribution is 2.38. The quantitative estimate of drug-likeness (QED) is 0.711. The largest absolute Gasteiger partial charge is 0.320 e. The van der Waals surface area contributed by atoms with Gasteiger partial charge < -0.3 is 5.73 Å². The fourth-order valence-corrected chi connectivity index (χ4v) is 2.03. The molecule has 2 heteroatoms. The van der Waals surface area contributed by atoms with Crippen LogP contribution in [0.15, 0.2) is 12.3 Å². The van der Waals surface area contributed by atoms with Gasteiger partial charge in [0.15, 0.2) is 0 Å². The Hall–Kier alpha value is -0.890. The Morgan fingerprint density at radius 3 is 2.54 bits per heavy atom. The summed E-state index contributed by atoms with van der Waals surface area (Å²) in [5.41, 5.74) is 9.65. The zero-order valence-electron chi connectivity index (χ0n) is 8.30. The minimum atomic E-state index is -0.113. The van der Waals surface area contributed by atoms with Gasteiger partial charge in [0.05, 0.1) is 11.2 Å². The van der Waals surface area contributed by atoms with E-state index in [4.69, 9.17) is 5.73 Å². The molecule has 2 N–H and O–H groups in total. The Balaban J connectivity index is 2.40. The van der Waals surface area contributed by atoms with Gasteiger partial charge in [0.1, 0.15) is 0 Å². The second kappa shape index (κ2) is 2.81. The number of hydrogen-bond acceptors (Lipinski definition) is 2. The zero-order chi connectivity index (χ0) is 9.47. The van der Waals surface area contributed by atoms with Crippen LogP contribution in [0.1, 0.15) is 36.1 Å². The van der Waals surface area contributed by atoms with Crippen LogP contribution in [0.5, 0.6) is 0 Å². The van der Waals surface area contributed by atoms with Crippen molar-refractivity contribution in [2.75, 3.05) is 0 Å². The standard InChI is InChI=1S/C11H16N2/c1-8-6-9(2)10(13-7-8)11(12)4-3-5-11/h6-7H,3-5,12H2,1-2H3. The Bertz CT molecular complexity index is 327. The summed E-state index contributed by atoms with van der Waals surface area (Å²) < 4.78 is 0. The van der Waals surface area contributed by atoms with E-state index < -0.39 is 0 Å². The molecule has 1 fully saturated rings. The van der Waals surface area contributed by atoms with E-state index in [0.29, 0.717) is 0 Å². The molecule has 0 saturated heterocycles. The van der Waals surface area contributed by atoms with Crippen LogP contribution in [0.3, 0.4) is 0 Å². The van der Waals surface area contributed by atoms with Gasteiger partial charge in [-0.1, -0.05) is 6.07 Å². The first-order chi connectivity index (χ1) is 6.12. The highest BCUT2D eigenvalue weighted by Gasteiger charge is 2.36. The molecule has 0 bridgehead atoms. The molecular formula is C11H16N2. The number of hydrogen-bond donors (Lipinski definition) is 1. The lowest BCUT2D eigenvalue weighted by atomic mass is 9.74. The molecule has 0 radical (unpaired) electrons. The Labute approximate surface area is 79.2 Å². The van der Waals surface area contributed by atoms with Gasteiger partial charge in [-0.2, -0.15) is 0 Å². The fourth-order valence-electron chi connectivity index (χ4n) is 2.03. The third-order valence-electron chi connectivity index (χ3n) is 2.93. The molecular weight excluding hydrogens is 160 g/mol. The van der Waals surface area contributed by atoms with Crippen LogP contribution >= 0.6 is 0 Å². The van der Waals surface area contributed by atoms with Crippen molar-refractivity contribution in [2.24, 2.45) is 5.73 Å². The summed E-state index contributed by atoms with van der Waals surface area (Å²) >= 11 is 0. The molecule has 1 aromatic rings. The molecule has 0 atom stereocenters. The molecule has 1 heterocycles. The normalized spacial score (nSPS) is 19.6. The van der Waals surface area contributed by atoms with Crippen molar-refractivity contribution in [3.05, 3.63) is 29.1 Å². The van der Waals surface area contributed by atoms with E-state index in [2.05, 4.69) is 24.9 Å². The van der Waals surface area contributed by atoms with Crippen molar-refractivity contribution in [3.8, 4) is 0 Å². The zero-order valence-corrected chi connectivity index (χ0v) is 8.30. The fraction of sp³-hybridized carbons (Fsp3) is 0.545. The van der Waals surface area contributed by atoms with E-state index in [1.54, 1.807) is 0 Å². The number of aromatic nitrogens is 1. The molecule has 0 amide bonds. The first-order valence-electron chi connectivity index (χ1n) is 4.84. The van der Waals surface area contributed by atoms with Gasteiger partial charge in [0.2, 0.25) is 0 Å². The molecule has 13 heavy (non-hydrogen) atoms. The van der Waals surface area contributed by atoms with Crippen molar-refractivity contribution in [1.29, 1.82) is 0 Å². The van der Waals surface area contributed by atoms with Gasteiger partial charge in [-0.25, -0.2) is 0 Å². The summed E-state index contributed by atoms with van der Waals surface area (Å²) in [7, 11) is 0. The average molecular weight is 176 g/mol. The van der Waals surface area contributed by atoms with Gasteiger partial charge in [-0.15, -0.1) is 0 Å². The van der Waals surface area contributed by atoms with E-state index in [1.807, 2.05) is 6.20 Å². The highest BCUT2D eigenvalue weighted by molar-refractivity contribution is 5.30. The second-order valence-electron chi connectivity index (χ2n) is 4.19. The van der Waals surface area contributed by atoms with Crippen LogP contribution in [0.25, 0.3) is 0 Å². The van der Waals surface area contributed by atoms with E-state index in [0.717, 1.165) is 18.5 Å². The number of nitrogens with two attached hydrogens (primary N) is 1. The lowest BCUT2D eigenvalue weighted by Gasteiger charge is -2.38. The first-order valence-corrected chi connectivity index (χ1v) is 4.84. The van der Waals surface area contributed by atoms with Gasteiger partial charge in [-0.3, -0.25) is 4.98 Å². The lowest BCUT2D eigenvalue weighted by Crippen LogP contribution is -2.44. The van der Waals surface area contributed by atoms with Gasteiger partial charge in [-0.05, 0) is 44.2 Å². The van der Waals surface area contributed by atoms with Crippen LogP contribution in [0.4, 0.5) is 0 Å². The summed E-state index contributed by atoms with van der Waals surface area (Å²) in [6, 6.07) is 2.16. The van der Waals surface area contributed by atoms with Crippen molar-refractivity contribution in [2.45, 2.75) is 38.6 Å². The van der Waals surface area contributed by atoms with Crippen molar-refractivity contribution in [1.82, 2.24) is 4.98 Å². The van der Waals surface area contributed by atoms with E-state index >= 15 is 0 Å². The van der Waals surface area contributed by atoms with Crippen LogP contribution in [0.2, 0.25) is 0 Å². The Kier molecular flexibility index (Phi) is 1.88. The summed E-state index contributed by atoms with van der Waals surface area (Å²) in [6.45, 7) is 4.16. The van der Waals surface area contributed by atoms with Gasteiger partial charge in [0.25, 0.3) is 0 Å². The minimum Gasteiger partial charge on any atom is -0.320 e. The number of nitrogens with zero attached hydrogens (tertiary/aromatic N) is 1. The highest BCUT2D eigenvalue weighted by atomic mass is 14.9. The summed E-state index contributed by atoms with van der Waals surface area (Å²) in [6.07, 6.45) is 5.33. The molecule has 70 valence electrons. The molecule has 2 nitrogen and oxygen atoms in total. The van der Waals surface area contributed by atoms with E-state index in [9.17, 15) is 0 Å². The van der Waals surface area contributed by atoms with Gasteiger partial charge in [0, 0.05) is 6.20 Å². The van der Waals surface area contributed by atoms with E-state index in [1.165, 1.54) is 17.5 Å². The topological polar surface area (TPSA) is 38.9 Å². The van der Waals surface area contributed by atoms with Gasteiger partial charge >= 0.3 is 0 Å². The van der Waals surface area contributed by atoms with Crippen molar-refractivity contribution in [3.63, 3.8) is 0 Å². The predicted molar refractivity (Wildman–Crippen MR) is 53.4 cm³/mol. The first kappa shape index (κ1) is 8.70.